The molecule has 0 radical (unpaired) electrons. The fraction of sp³-hybridized carbons (Fsp3) is 0.0952. The van der Waals surface area contributed by atoms with Crippen LogP contribution in [0.2, 0.25) is 0 Å². The lowest BCUT2D eigenvalue weighted by Crippen LogP contribution is -2.13. The Morgan fingerprint density at radius 3 is 2.14 bits per heavy atom. The van der Waals surface area contributed by atoms with E-state index in [0.29, 0.717) is 11.3 Å². The molecule has 1 aromatic heterocycles. The zero-order chi connectivity index (χ0) is 21.0. The number of nitrogens with zero attached hydrogens (tertiary/aromatic N) is 1. The van der Waals surface area contributed by atoms with E-state index in [9.17, 15) is 22.8 Å². The molecule has 0 aliphatic carbocycles. The summed E-state index contributed by atoms with van der Waals surface area (Å²) >= 11 is 0. The van der Waals surface area contributed by atoms with Crippen LogP contribution in [0.25, 0.3) is 0 Å². The van der Waals surface area contributed by atoms with Crippen molar-refractivity contribution in [1.82, 2.24) is 4.98 Å². The highest BCUT2D eigenvalue weighted by Gasteiger charge is 2.33. The average molecular weight is 399 g/mol. The quantitative estimate of drug-likeness (QED) is 0.571. The maximum Gasteiger partial charge on any atom is 0.418 e. The van der Waals surface area contributed by atoms with E-state index in [4.69, 9.17) is 0 Å². The predicted molar refractivity (Wildman–Crippen MR) is 103 cm³/mol. The van der Waals surface area contributed by atoms with Gasteiger partial charge in [0.05, 0.1) is 16.8 Å². The zero-order valence-electron chi connectivity index (χ0n) is 15.2. The molecule has 0 saturated carbocycles. The SMILES string of the molecule is CC(=O)c1ccc(NC(=O)c2ccc(Nc3ccccc3C(F)(F)F)nc2)cc1. The Morgan fingerprint density at radius 2 is 1.55 bits per heavy atom. The highest BCUT2D eigenvalue weighted by Crippen LogP contribution is 2.35. The Bertz CT molecular complexity index is 1030. The van der Waals surface area contributed by atoms with Gasteiger partial charge in [0.15, 0.2) is 5.78 Å². The number of Topliss-reactive ketones (excluding diaryl/α,β-unsaturated/α-hetero) is 1. The number of hydrogen-bond donors (Lipinski definition) is 2. The highest BCUT2D eigenvalue weighted by atomic mass is 19.4. The summed E-state index contributed by atoms with van der Waals surface area (Å²) in [5, 5.41) is 5.28. The van der Waals surface area contributed by atoms with Crippen molar-refractivity contribution in [2.75, 3.05) is 10.6 Å². The van der Waals surface area contributed by atoms with E-state index in [2.05, 4.69) is 15.6 Å². The van der Waals surface area contributed by atoms with E-state index >= 15 is 0 Å². The van der Waals surface area contributed by atoms with Crippen LogP contribution in [-0.2, 0) is 6.18 Å². The summed E-state index contributed by atoms with van der Waals surface area (Å²) in [6.45, 7) is 1.45. The van der Waals surface area contributed by atoms with Crippen molar-refractivity contribution in [3.05, 3.63) is 83.6 Å². The van der Waals surface area contributed by atoms with E-state index in [1.54, 1.807) is 24.3 Å². The Kier molecular flexibility index (Phi) is 5.63. The number of halogens is 3. The van der Waals surface area contributed by atoms with Crippen LogP contribution in [0.4, 0.5) is 30.4 Å². The van der Waals surface area contributed by atoms with E-state index in [0.717, 1.165) is 6.07 Å². The van der Waals surface area contributed by atoms with Gasteiger partial charge in [0.2, 0.25) is 0 Å². The van der Waals surface area contributed by atoms with Gasteiger partial charge in [-0.15, -0.1) is 0 Å². The molecule has 1 amide bonds. The number of rotatable bonds is 5. The molecule has 0 fully saturated rings. The van der Waals surface area contributed by atoms with Crippen LogP contribution in [0.5, 0.6) is 0 Å². The van der Waals surface area contributed by atoms with Gasteiger partial charge in [-0.1, -0.05) is 12.1 Å². The minimum atomic E-state index is -4.50. The minimum absolute atomic E-state index is 0.0812. The zero-order valence-corrected chi connectivity index (χ0v) is 15.2. The second-order valence-corrected chi connectivity index (χ2v) is 6.19. The number of carbonyl (C=O) groups excluding carboxylic acids is 2. The number of carbonyl (C=O) groups is 2. The molecule has 3 aromatic rings. The topological polar surface area (TPSA) is 71.1 Å². The lowest BCUT2D eigenvalue weighted by Gasteiger charge is -2.14. The van der Waals surface area contributed by atoms with Gasteiger partial charge in [-0.05, 0) is 55.5 Å². The summed E-state index contributed by atoms with van der Waals surface area (Å²) in [5.41, 5.74) is 0.323. The number of pyridine rings is 1. The van der Waals surface area contributed by atoms with Crippen LogP contribution in [0, 0.1) is 0 Å². The second-order valence-electron chi connectivity index (χ2n) is 6.19. The molecule has 3 rings (SSSR count). The number of ketones is 1. The fourth-order valence-corrected chi connectivity index (χ4v) is 2.57. The third-order valence-electron chi connectivity index (χ3n) is 4.07. The number of alkyl halides is 3. The molecule has 0 unspecified atom stereocenters. The Balaban J connectivity index is 1.70. The molecule has 0 saturated heterocycles. The molecule has 5 nitrogen and oxygen atoms in total. The van der Waals surface area contributed by atoms with E-state index < -0.39 is 17.6 Å². The molecule has 148 valence electrons. The van der Waals surface area contributed by atoms with Gasteiger partial charge < -0.3 is 10.6 Å². The van der Waals surface area contributed by atoms with Crippen LogP contribution in [0.15, 0.2) is 66.9 Å². The van der Waals surface area contributed by atoms with Crippen LogP contribution in [0.3, 0.4) is 0 Å². The summed E-state index contributed by atoms with van der Waals surface area (Å²) in [4.78, 5) is 27.6. The number of hydrogen-bond acceptors (Lipinski definition) is 4. The van der Waals surface area contributed by atoms with Gasteiger partial charge in [-0.3, -0.25) is 9.59 Å². The third-order valence-corrected chi connectivity index (χ3v) is 4.07. The molecular formula is C21H16F3N3O2. The number of aromatic nitrogens is 1. The first kappa shape index (κ1) is 20.1. The van der Waals surface area contributed by atoms with E-state index in [1.165, 1.54) is 43.5 Å². The molecule has 2 N–H and O–H groups in total. The maximum atomic E-state index is 13.1. The largest absolute Gasteiger partial charge is 0.418 e. The van der Waals surface area contributed by atoms with Gasteiger partial charge in [0, 0.05) is 17.4 Å². The number of para-hydroxylation sites is 1. The van der Waals surface area contributed by atoms with E-state index in [1.807, 2.05) is 0 Å². The predicted octanol–water partition coefficient (Wildman–Crippen LogP) is 5.30. The van der Waals surface area contributed by atoms with Crippen LogP contribution in [-0.4, -0.2) is 16.7 Å². The Labute approximate surface area is 164 Å². The first-order chi connectivity index (χ1) is 13.7. The van der Waals surface area contributed by atoms with Crippen LogP contribution in [0.1, 0.15) is 33.2 Å². The molecule has 0 aliphatic heterocycles. The fourth-order valence-electron chi connectivity index (χ4n) is 2.57. The van der Waals surface area contributed by atoms with Crippen molar-refractivity contribution in [1.29, 1.82) is 0 Å². The third kappa shape index (κ3) is 4.98. The molecule has 29 heavy (non-hydrogen) atoms. The lowest BCUT2D eigenvalue weighted by molar-refractivity contribution is -0.136. The molecule has 0 aliphatic rings. The van der Waals surface area contributed by atoms with Crippen molar-refractivity contribution in [3.63, 3.8) is 0 Å². The first-order valence-electron chi connectivity index (χ1n) is 8.56. The molecule has 0 spiro atoms. The highest BCUT2D eigenvalue weighted by molar-refractivity contribution is 6.04. The normalized spacial score (nSPS) is 11.0. The number of benzene rings is 2. The van der Waals surface area contributed by atoms with Gasteiger partial charge in [0.25, 0.3) is 5.91 Å². The monoisotopic (exact) mass is 399 g/mol. The summed E-state index contributed by atoms with van der Waals surface area (Å²) in [5.74, 6) is -0.346. The number of nitrogens with one attached hydrogen (secondary N) is 2. The van der Waals surface area contributed by atoms with Crippen molar-refractivity contribution in [2.45, 2.75) is 13.1 Å². The summed E-state index contributed by atoms with van der Waals surface area (Å²) in [6.07, 6.45) is -3.24. The number of anilines is 3. The van der Waals surface area contributed by atoms with Gasteiger partial charge in [-0.2, -0.15) is 13.2 Å². The molecule has 0 bridgehead atoms. The van der Waals surface area contributed by atoms with Gasteiger partial charge in [0.1, 0.15) is 5.82 Å². The number of amides is 1. The summed E-state index contributed by atoms with van der Waals surface area (Å²) < 4.78 is 39.2. The smallest absolute Gasteiger partial charge is 0.340 e. The molecular weight excluding hydrogens is 383 g/mol. The summed E-state index contributed by atoms with van der Waals surface area (Å²) in [6, 6.07) is 14.3. The maximum absolute atomic E-state index is 13.1. The lowest BCUT2D eigenvalue weighted by atomic mass is 10.1. The standard InChI is InChI=1S/C21H16F3N3O2/c1-13(28)14-6-9-16(10-7-14)26-20(29)15-8-11-19(25-12-15)27-18-5-3-2-4-17(18)21(22,23)24/h2-12H,1H3,(H,25,27)(H,26,29). The average Bonchev–Trinajstić information content (AvgIpc) is 2.68. The Morgan fingerprint density at radius 1 is 0.897 bits per heavy atom. The molecule has 8 heteroatoms. The summed E-state index contributed by atoms with van der Waals surface area (Å²) in [7, 11) is 0. The van der Waals surface area contributed by atoms with Crippen LogP contribution < -0.4 is 10.6 Å². The second kappa shape index (κ2) is 8.14. The van der Waals surface area contributed by atoms with Crippen molar-refractivity contribution < 1.29 is 22.8 Å². The van der Waals surface area contributed by atoms with Crippen molar-refractivity contribution >= 4 is 28.9 Å². The van der Waals surface area contributed by atoms with Crippen molar-refractivity contribution in [2.24, 2.45) is 0 Å². The minimum Gasteiger partial charge on any atom is -0.340 e. The first-order valence-corrected chi connectivity index (χ1v) is 8.56. The molecule has 1 heterocycles. The van der Waals surface area contributed by atoms with Gasteiger partial charge in [-0.25, -0.2) is 4.98 Å². The molecule has 2 aromatic carbocycles. The van der Waals surface area contributed by atoms with Crippen molar-refractivity contribution in [3.8, 4) is 0 Å². The van der Waals surface area contributed by atoms with E-state index in [-0.39, 0.29) is 22.9 Å². The Hall–Kier alpha value is -3.68. The van der Waals surface area contributed by atoms with Gasteiger partial charge >= 0.3 is 6.18 Å². The van der Waals surface area contributed by atoms with Crippen LogP contribution >= 0.6 is 0 Å². The molecule has 0 atom stereocenters.